The first-order chi connectivity index (χ1) is 9.59. The smallest absolute Gasteiger partial charge is 0.248 e. The van der Waals surface area contributed by atoms with E-state index < -0.39 is 5.92 Å². The van der Waals surface area contributed by atoms with Gasteiger partial charge in [0.05, 0.1) is 6.04 Å². The summed E-state index contributed by atoms with van der Waals surface area (Å²) in [6.45, 7) is 0.391. The number of para-hydroxylation sites is 1. The van der Waals surface area contributed by atoms with Crippen molar-refractivity contribution in [1.29, 1.82) is 0 Å². The fraction of sp³-hybridized carbons (Fsp3) is 0.600. The minimum atomic E-state index is -2.51. The van der Waals surface area contributed by atoms with E-state index in [2.05, 4.69) is 5.43 Å². The molecule has 0 saturated heterocycles. The van der Waals surface area contributed by atoms with E-state index in [4.69, 9.17) is 10.6 Å². The molecule has 3 N–H and O–H groups in total. The third-order valence-corrected chi connectivity index (χ3v) is 3.79. The zero-order valence-electron chi connectivity index (χ0n) is 11.5. The average Bonchev–Trinajstić information content (AvgIpc) is 2.43. The van der Waals surface area contributed by atoms with Crippen LogP contribution in [0.2, 0.25) is 0 Å². The van der Waals surface area contributed by atoms with Gasteiger partial charge in [0.25, 0.3) is 0 Å². The molecule has 0 spiro atoms. The van der Waals surface area contributed by atoms with Crippen LogP contribution in [0.1, 0.15) is 32.1 Å². The Balaban J connectivity index is 1.80. The van der Waals surface area contributed by atoms with Crippen molar-refractivity contribution in [3.63, 3.8) is 0 Å². The maximum atomic E-state index is 13.4. The van der Waals surface area contributed by atoms with Crippen LogP contribution in [0.5, 0.6) is 5.75 Å². The van der Waals surface area contributed by atoms with Crippen molar-refractivity contribution in [2.24, 2.45) is 11.8 Å². The van der Waals surface area contributed by atoms with E-state index in [9.17, 15) is 8.78 Å². The number of rotatable bonds is 6. The summed E-state index contributed by atoms with van der Waals surface area (Å²) in [7, 11) is 0. The van der Waals surface area contributed by atoms with Crippen LogP contribution in [0.15, 0.2) is 30.3 Å². The average molecular weight is 284 g/mol. The van der Waals surface area contributed by atoms with Crippen LogP contribution < -0.4 is 16.0 Å². The first kappa shape index (κ1) is 15.2. The zero-order valence-corrected chi connectivity index (χ0v) is 11.5. The highest BCUT2D eigenvalue weighted by molar-refractivity contribution is 5.20. The van der Waals surface area contributed by atoms with Crippen molar-refractivity contribution in [3.05, 3.63) is 30.3 Å². The highest BCUT2D eigenvalue weighted by Gasteiger charge is 2.36. The van der Waals surface area contributed by atoms with Gasteiger partial charge in [-0.15, -0.1) is 0 Å². The quantitative estimate of drug-likeness (QED) is 0.623. The standard InChI is InChI=1S/C15H22F2N2O/c16-15(17)8-4-5-12(10-15)9-13(19-18)11-20-14-6-2-1-3-7-14/h1-3,6-7,12-13,19H,4-5,8-11,18H2. The number of hydrazine groups is 1. The van der Waals surface area contributed by atoms with Crippen molar-refractivity contribution in [2.45, 2.75) is 44.1 Å². The zero-order chi connectivity index (χ0) is 14.4. The normalized spacial score (nSPS) is 23.2. The summed E-state index contributed by atoms with van der Waals surface area (Å²) < 4.78 is 32.4. The number of benzene rings is 1. The second kappa shape index (κ2) is 6.99. The predicted molar refractivity (Wildman–Crippen MR) is 74.6 cm³/mol. The lowest BCUT2D eigenvalue weighted by molar-refractivity contribution is -0.0553. The van der Waals surface area contributed by atoms with Gasteiger partial charge in [-0.3, -0.25) is 11.3 Å². The number of hydrogen-bond donors (Lipinski definition) is 2. The minimum Gasteiger partial charge on any atom is -0.492 e. The summed E-state index contributed by atoms with van der Waals surface area (Å²) >= 11 is 0. The molecular weight excluding hydrogens is 262 g/mol. The van der Waals surface area contributed by atoms with E-state index in [1.165, 1.54) is 0 Å². The molecule has 1 fully saturated rings. The molecule has 1 aromatic carbocycles. The molecule has 0 aromatic heterocycles. The highest BCUT2D eigenvalue weighted by Crippen LogP contribution is 2.38. The van der Waals surface area contributed by atoms with E-state index in [-0.39, 0.29) is 24.8 Å². The predicted octanol–water partition coefficient (Wildman–Crippen LogP) is 3.11. The SMILES string of the molecule is NNC(COc1ccccc1)CC1CCCC(F)(F)C1. The molecule has 1 aromatic rings. The van der Waals surface area contributed by atoms with Gasteiger partial charge in [0, 0.05) is 12.8 Å². The Morgan fingerprint density at radius 2 is 2.10 bits per heavy atom. The molecule has 2 unspecified atom stereocenters. The monoisotopic (exact) mass is 284 g/mol. The number of nitrogens with two attached hydrogens (primary N) is 1. The van der Waals surface area contributed by atoms with Crippen LogP contribution >= 0.6 is 0 Å². The number of hydrogen-bond acceptors (Lipinski definition) is 3. The van der Waals surface area contributed by atoms with Gasteiger partial charge in [-0.1, -0.05) is 18.2 Å². The molecule has 0 aliphatic heterocycles. The van der Waals surface area contributed by atoms with Crippen LogP contribution in [-0.4, -0.2) is 18.6 Å². The maximum Gasteiger partial charge on any atom is 0.248 e. The fourth-order valence-electron chi connectivity index (χ4n) is 2.78. The third-order valence-electron chi connectivity index (χ3n) is 3.79. The van der Waals surface area contributed by atoms with Crippen molar-refractivity contribution in [2.75, 3.05) is 6.61 Å². The lowest BCUT2D eigenvalue weighted by Crippen LogP contribution is -2.42. The molecule has 0 amide bonds. The van der Waals surface area contributed by atoms with Crippen molar-refractivity contribution in [1.82, 2.24) is 5.43 Å². The number of ether oxygens (including phenoxy) is 1. The van der Waals surface area contributed by atoms with Gasteiger partial charge >= 0.3 is 0 Å². The summed E-state index contributed by atoms with van der Waals surface area (Å²) in [5.41, 5.74) is 2.68. The lowest BCUT2D eigenvalue weighted by Gasteiger charge is -2.31. The van der Waals surface area contributed by atoms with Crippen LogP contribution in [0, 0.1) is 5.92 Å². The summed E-state index contributed by atoms with van der Waals surface area (Å²) in [6.07, 6.45) is 2.05. The van der Waals surface area contributed by atoms with E-state index >= 15 is 0 Å². The number of alkyl halides is 2. The molecule has 0 bridgehead atoms. The maximum absolute atomic E-state index is 13.4. The number of nitrogens with one attached hydrogen (secondary N) is 1. The molecule has 112 valence electrons. The molecule has 0 radical (unpaired) electrons. The van der Waals surface area contributed by atoms with Crippen LogP contribution in [0.3, 0.4) is 0 Å². The van der Waals surface area contributed by atoms with E-state index in [0.717, 1.165) is 12.2 Å². The molecule has 1 aliphatic rings. The summed E-state index contributed by atoms with van der Waals surface area (Å²) in [5.74, 6) is 3.77. The molecule has 2 atom stereocenters. The highest BCUT2D eigenvalue weighted by atomic mass is 19.3. The molecule has 1 aliphatic carbocycles. The second-order valence-corrected chi connectivity index (χ2v) is 5.54. The Morgan fingerprint density at radius 1 is 1.35 bits per heavy atom. The van der Waals surface area contributed by atoms with Crippen LogP contribution in [0.25, 0.3) is 0 Å². The van der Waals surface area contributed by atoms with Crippen molar-refractivity contribution < 1.29 is 13.5 Å². The Bertz CT molecular complexity index is 400. The van der Waals surface area contributed by atoms with E-state index in [1.807, 2.05) is 30.3 Å². The van der Waals surface area contributed by atoms with Gasteiger partial charge in [0.1, 0.15) is 12.4 Å². The summed E-state index contributed by atoms with van der Waals surface area (Å²) in [5, 5.41) is 0. The van der Waals surface area contributed by atoms with Gasteiger partial charge in [0.15, 0.2) is 0 Å². The van der Waals surface area contributed by atoms with Gasteiger partial charge in [0.2, 0.25) is 5.92 Å². The van der Waals surface area contributed by atoms with Crippen molar-refractivity contribution >= 4 is 0 Å². The fourth-order valence-corrected chi connectivity index (χ4v) is 2.78. The van der Waals surface area contributed by atoms with E-state index in [0.29, 0.717) is 19.4 Å². The molecule has 2 rings (SSSR count). The van der Waals surface area contributed by atoms with Gasteiger partial charge in [-0.05, 0) is 37.3 Å². The molecule has 5 heteroatoms. The largest absolute Gasteiger partial charge is 0.492 e. The summed E-state index contributed by atoms with van der Waals surface area (Å²) in [6, 6.07) is 9.32. The first-order valence-electron chi connectivity index (χ1n) is 7.11. The second-order valence-electron chi connectivity index (χ2n) is 5.54. The van der Waals surface area contributed by atoms with E-state index in [1.54, 1.807) is 0 Å². The van der Waals surface area contributed by atoms with Gasteiger partial charge < -0.3 is 4.74 Å². The van der Waals surface area contributed by atoms with Crippen molar-refractivity contribution in [3.8, 4) is 5.75 Å². The summed E-state index contributed by atoms with van der Waals surface area (Å²) in [4.78, 5) is 0. The molecule has 1 saturated carbocycles. The molecular formula is C15H22F2N2O. The Morgan fingerprint density at radius 3 is 2.75 bits per heavy atom. The van der Waals surface area contributed by atoms with Crippen LogP contribution in [-0.2, 0) is 0 Å². The van der Waals surface area contributed by atoms with Gasteiger partial charge in [-0.2, -0.15) is 0 Å². The third kappa shape index (κ3) is 4.72. The Hall–Kier alpha value is -1.20. The Labute approximate surface area is 118 Å². The molecule has 0 heterocycles. The first-order valence-corrected chi connectivity index (χ1v) is 7.11. The minimum absolute atomic E-state index is 0.0131. The number of halogens is 2. The van der Waals surface area contributed by atoms with Crippen LogP contribution in [0.4, 0.5) is 8.78 Å². The lowest BCUT2D eigenvalue weighted by atomic mass is 9.83. The topological polar surface area (TPSA) is 47.3 Å². The Kier molecular flexibility index (Phi) is 5.31. The molecule has 20 heavy (non-hydrogen) atoms. The molecule has 3 nitrogen and oxygen atoms in total. The van der Waals surface area contributed by atoms with Gasteiger partial charge in [-0.25, -0.2) is 8.78 Å².